The van der Waals surface area contributed by atoms with Gasteiger partial charge in [0.15, 0.2) is 11.5 Å². The van der Waals surface area contributed by atoms with Crippen molar-refractivity contribution in [3.05, 3.63) is 29.6 Å². The molecule has 0 aliphatic carbocycles. The van der Waals surface area contributed by atoms with Gasteiger partial charge in [0.2, 0.25) is 11.9 Å². The van der Waals surface area contributed by atoms with Crippen LogP contribution in [-0.4, -0.2) is 68.7 Å². The van der Waals surface area contributed by atoms with E-state index in [0.717, 1.165) is 24.2 Å². The number of para-hydroxylation sites is 1. The van der Waals surface area contributed by atoms with Gasteiger partial charge in [-0.3, -0.25) is 0 Å². The topological polar surface area (TPSA) is 126 Å². The highest BCUT2D eigenvalue weighted by Crippen LogP contribution is 2.31. The fourth-order valence-electron chi connectivity index (χ4n) is 4.01. The average molecular weight is 533 g/mol. The fraction of sp³-hybridized carbons (Fsp3) is 0.679. The van der Waals surface area contributed by atoms with Crippen LogP contribution in [0.4, 0.5) is 11.9 Å². The molecular formula is C28H48N6O4. The Morgan fingerprint density at radius 2 is 1.45 bits per heavy atom. The second-order valence-corrected chi connectivity index (χ2v) is 9.07. The number of aromatic nitrogens is 3. The van der Waals surface area contributed by atoms with Crippen LogP contribution in [0.5, 0.6) is 11.5 Å². The molecule has 2 aromatic rings. The number of aryl methyl sites for hydroxylation is 1. The van der Waals surface area contributed by atoms with Gasteiger partial charge in [-0.1, -0.05) is 64.0 Å². The highest BCUT2D eigenvalue weighted by atomic mass is 16.5. The lowest BCUT2D eigenvalue weighted by Gasteiger charge is -2.14. The largest absolute Gasteiger partial charge is 0.493 e. The summed E-state index contributed by atoms with van der Waals surface area (Å²) < 4.78 is 21.9. The summed E-state index contributed by atoms with van der Waals surface area (Å²) in [5.41, 5.74) is 6.37. The molecule has 0 amide bonds. The van der Waals surface area contributed by atoms with Gasteiger partial charge in [-0.15, -0.1) is 0 Å². The number of methoxy groups -OCH3 is 2. The number of unbranched alkanes of at least 4 members (excludes halogenated alkanes) is 7. The molecule has 0 radical (unpaired) electrons. The molecule has 1 heterocycles. The molecule has 0 aliphatic rings. The van der Waals surface area contributed by atoms with Gasteiger partial charge in [-0.2, -0.15) is 15.0 Å². The van der Waals surface area contributed by atoms with Crippen molar-refractivity contribution in [3.63, 3.8) is 0 Å². The van der Waals surface area contributed by atoms with Crippen molar-refractivity contribution >= 4 is 11.9 Å². The van der Waals surface area contributed by atoms with E-state index in [1.54, 1.807) is 14.2 Å². The smallest absolute Gasteiger partial charge is 0.228 e. The van der Waals surface area contributed by atoms with E-state index in [2.05, 4.69) is 32.5 Å². The van der Waals surface area contributed by atoms with E-state index in [0.29, 0.717) is 69.5 Å². The van der Waals surface area contributed by atoms with Gasteiger partial charge in [0.05, 0.1) is 40.6 Å². The van der Waals surface area contributed by atoms with Gasteiger partial charge in [-0.25, -0.2) is 0 Å². The lowest BCUT2D eigenvalue weighted by atomic mass is 10.1. The summed E-state index contributed by atoms with van der Waals surface area (Å²) in [5, 5.41) is 6.60. The van der Waals surface area contributed by atoms with Crippen LogP contribution in [-0.2, 0) is 22.4 Å². The van der Waals surface area contributed by atoms with E-state index in [4.69, 9.17) is 24.7 Å². The van der Waals surface area contributed by atoms with Crippen LogP contribution in [0.2, 0.25) is 0 Å². The predicted molar refractivity (Wildman–Crippen MR) is 152 cm³/mol. The highest BCUT2D eigenvalue weighted by Gasteiger charge is 2.11. The Morgan fingerprint density at radius 3 is 2.13 bits per heavy atom. The minimum Gasteiger partial charge on any atom is -0.493 e. The first-order valence-corrected chi connectivity index (χ1v) is 14.0. The van der Waals surface area contributed by atoms with Gasteiger partial charge >= 0.3 is 0 Å². The van der Waals surface area contributed by atoms with Gasteiger partial charge in [0.25, 0.3) is 0 Å². The Balaban J connectivity index is 1.93. The summed E-state index contributed by atoms with van der Waals surface area (Å²) in [7, 11) is 3.27. The van der Waals surface area contributed by atoms with Crippen molar-refractivity contribution in [2.24, 2.45) is 5.73 Å². The van der Waals surface area contributed by atoms with E-state index in [1.165, 1.54) is 44.9 Å². The van der Waals surface area contributed by atoms with Crippen LogP contribution < -0.4 is 25.8 Å². The third kappa shape index (κ3) is 12.7. The Labute approximate surface area is 228 Å². The second kappa shape index (κ2) is 20.3. The molecule has 214 valence electrons. The molecule has 0 fully saturated rings. The zero-order chi connectivity index (χ0) is 27.3. The number of rotatable bonds is 23. The lowest BCUT2D eigenvalue weighted by Crippen LogP contribution is -2.17. The molecule has 0 spiro atoms. The maximum Gasteiger partial charge on any atom is 0.228 e. The van der Waals surface area contributed by atoms with E-state index >= 15 is 0 Å². The molecule has 0 saturated carbocycles. The van der Waals surface area contributed by atoms with Crippen LogP contribution in [0.1, 0.15) is 69.7 Å². The van der Waals surface area contributed by atoms with Crippen molar-refractivity contribution in [2.75, 3.05) is 64.4 Å². The normalized spacial score (nSPS) is 10.9. The summed E-state index contributed by atoms with van der Waals surface area (Å²) >= 11 is 0. The molecule has 0 bridgehead atoms. The Hall–Kier alpha value is -2.69. The summed E-state index contributed by atoms with van der Waals surface area (Å²) in [6.45, 7) is 5.98. The highest BCUT2D eigenvalue weighted by molar-refractivity contribution is 5.48. The minimum atomic E-state index is 0.493. The van der Waals surface area contributed by atoms with Crippen molar-refractivity contribution in [1.82, 2.24) is 15.0 Å². The number of nitrogens with one attached hydrogen (secondary N) is 2. The van der Waals surface area contributed by atoms with Crippen molar-refractivity contribution in [1.29, 1.82) is 0 Å². The number of nitrogens with zero attached hydrogens (tertiary/aromatic N) is 3. The van der Waals surface area contributed by atoms with Crippen molar-refractivity contribution in [2.45, 2.75) is 71.3 Å². The zero-order valence-corrected chi connectivity index (χ0v) is 23.6. The quantitative estimate of drug-likeness (QED) is 0.175. The molecule has 1 aromatic heterocycles. The first-order chi connectivity index (χ1) is 18.7. The molecular weight excluding hydrogens is 484 g/mol. The molecule has 1 aromatic carbocycles. The van der Waals surface area contributed by atoms with Crippen LogP contribution in [0.15, 0.2) is 18.2 Å². The maximum atomic E-state index is 5.60. The second-order valence-electron chi connectivity index (χ2n) is 9.07. The number of anilines is 2. The zero-order valence-electron chi connectivity index (χ0n) is 23.6. The Kier molecular flexibility index (Phi) is 16.8. The molecule has 0 saturated heterocycles. The molecule has 10 heteroatoms. The van der Waals surface area contributed by atoms with Crippen LogP contribution >= 0.6 is 0 Å². The maximum absolute atomic E-state index is 5.60. The standard InChI is InChI=1S/C28H48N6O4/c1-4-5-6-7-8-9-10-11-15-25-32-27(30-17-19-38-21-20-37-18-16-29)34-28(33-25)31-22-23-13-12-14-24(35-2)26(23)36-3/h12-14H,4-11,15-22,29H2,1-3H3,(H2,30,31,32,33,34). The molecule has 2 rings (SSSR count). The molecule has 38 heavy (non-hydrogen) atoms. The van der Waals surface area contributed by atoms with Crippen LogP contribution in [0.3, 0.4) is 0 Å². The fourth-order valence-corrected chi connectivity index (χ4v) is 4.01. The number of ether oxygens (including phenoxy) is 4. The number of hydrogen-bond acceptors (Lipinski definition) is 10. The predicted octanol–water partition coefficient (Wildman–Crippen LogP) is 4.59. The summed E-state index contributed by atoms with van der Waals surface area (Å²) in [6.07, 6.45) is 10.9. The van der Waals surface area contributed by atoms with Crippen molar-refractivity contribution in [3.8, 4) is 11.5 Å². The third-order valence-electron chi connectivity index (χ3n) is 6.02. The van der Waals surface area contributed by atoms with E-state index < -0.39 is 0 Å². The lowest BCUT2D eigenvalue weighted by molar-refractivity contribution is 0.0547. The van der Waals surface area contributed by atoms with Gasteiger partial charge in [-0.05, 0) is 12.5 Å². The first-order valence-electron chi connectivity index (χ1n) is 14.0. The third-order valence-corrected chi connectivity index (χ3v) is 6.02. The van der Waals surface area contributed by atoms with Crippen molar-refractivity contribution < 1.29 is 18.9 Å². The number of nitrogens with two attached hydrogens (primary N) is 1. The summed E-state index contributed by atoms with van der Waals surface area (Å²) in [4.78, 5) is 13.9. The SMILES string of the molecule is CCCCCCCCCCc1nc(NCCOCCOCCN)nc(NCc2cccc(OC)c2OC)n1. The molecule has 10 nitrogen and oxygen atoms in total. The Bertz CT molecular complexity index is 848. The van der Waals surface area contributed by atoms with E-state index in [-0.39, 0.29) is 0 Å². The number of benzene rings is 1. The molecule has 4 N–H and O–H groups in total. The molecule has 0 unspecified atom stereocenters. The van der Waals surface area contributed by atoms with E-state index in [1.807, 2.05) is 18.2 Å². The van der Waals surface area contributed by atoms with Gasteiger partial charge in [0.1, 0.15) is 5.82 Å². The summed E-state index contributed by atoms with van der Waals surface area (Å²) in [6, 6.07) is 5.81. The van der Waals surface area contributed by atoms with E-state index in [9.17, 15) is 0 Å². The monoisotopic (exact) mass is 532 g/mol. The minimum absolute atomic E-state index is 0.493. The average Bonchev–Trinajstić information content (AvgIpc) is 2.94. The van der Waals surface area contributed by atoms with Gasteiger partial charge in [0, 0.05) is 31.6 Å². The Morgan fingerprint density at radius 1 is 0.763 bits per heavy atom. The van der Waals surface area contributed by atoms with Gasteiger partial charge < -0.3 is 35.3 Å². The molecule has 0 aliphatic heterocycles. The van der Waals surface area contributed by atoms with Crippen LogP contribution in [0.25, 0.3) is 0 Å². The summed E-state index contributed by atoms with van der Waals surface area (Å²) in [5.74, 6) is 3.23. The molecule has 0 atom stereocenters. The first kappa shape index (κ1) is 31.5. The van der Waals surface area contributed by atoms with Crippen LogP contribution in [0, 0.1) is 0 Å². The number of hydrogen-bond donors (Lipinski definition) is 3.